The monoisotopic (exact) mass is 265 g/mol. The van der Waals surface area contributed by atoms with Gasteiger partial charge in [0, 0.05) is 31.2 Å². The van der Waals surface area contributed by atoms with Crippen LogP contribution < -0.4 is 5.73 Å². The molecule has 4 heteroatoms. The van der Waals surface area contributed by atoms with Crippen LogP contribution in [0.1, 0.15) is 33.1 Å². The van der Waals surface area contributed by atoms with E-state index >= 15 is 0 Å². The van der Waals surface area contributed by atoms with Gasteiger partial charge in [0.15, 0.2) is 0 Å². The van der Waals surface area contributed by atoms with E-state index in [4.69, 9.17) is 5.73 Å². The molecule has 0 aromatic heterocycles. The molecule has 108 valence electrons. The third kappa shape index (κ3) is 2.09. The lowest BCUT2D eigenvalue weighted by Crippen LogP contribution is -2.61. The molecular formula is C15H27N3O. The molecule has 1 saturated heterocycles. The molecule has 1 heterocycles. The quantitative estimate of drug-likeness (QED) is 0.767. The molecule has 2 N–H and O–H groups in total. The van der Waals surface area contributed by atoms with Crippen molar-refractivity contribution in [1.29, 1.82) is 0 Å². The van der Waals surface area contributed by atoms with Gasteiger partial charge in [0.2, 0.25) is 5.91 Å². The molecule has 1 amide bonds. The van der Waals surface area contributed by atoms with E-state index in [1.165, 1.54) is 19.3 Å². The summed E-state index contributed by atoms with van der Waals surface area (Å²) in [6, 6.07) is 0.119. The number of nitrogens with zero attached hydrogens (tertiary/aromatic N) is 2. The molecule has 4 nitrogen and oxygen atoms in total. The number of amides is 1. The lowest BCUT2D eigenvalue weighted by molar-refractivity contribution is -0.142. The SMILES string of the molecule is CN1CCN(C(=O)C2C3CCC(C3)C2N)CC1(C)C. The van der Waals surface area contributed by atoms with E-state index in [-0.39, 0.29) is 17.5 Å². The Morgan fingerprint density at radius 3 is 2.47 bits per heavy atom. The summed E-state index contributed by atoms with van der Waals surface area (Å²) in [5.74, 6) is 1.62. The van der Waals surface area contributed by atoms with Crippen molar-refractivity contribution in [1.82, 2.24) is 9.80 Å². The molecule has 4 atom stereocenters. The lowest BCUT2D eigenvalue weighted by Gasteiger charge is -2.46. The third-order valence-electron chi connectivity index (χ3n) is 5.89. The zero-order chi connectivity index (χ0) is 13.8. The van der Waals surface area contributed by atoms with Crippen LogP contribution in [0.2, 0.25) is 0 Å². The molecule has 1 aliphatic heterocycles. The minimum absolute atomic E-state index is 0.0790. The molecule has 3 fully saturated rings. The number of carbonyl (C=O) groups is 1. The summed E-state index contributed by atoms with van der Waals surface area (Å²) in [5, 5.41) is 0. The van der Waals surface area contributed by atoms with E-state index in [1.807, 2.05) is 0 Å². The number of hydrogen-bond donors (Lipinski definition) is 1. The van der Waals surface area contributed by atoms with Crippen molar-refractivity contribution in [2.24, 2.45) is 23.5 Å². The smallest absolute Gasteiger partial charge is 0.227 e. The Morgan fingerprint density at radius 1 is 1.21 bits per heavy atom. The summed E-state index contributed by atoms with van der Waals surface area (Å²) >= 11 is 0. The van der Waals surface area contributed by atoms with E-state index in [9.17, 15) is 4.79 Å². The van der Waals surface area contributed by atoms with Gasteiger partial charge in [0.1, 0.15) is 0 Å². The average Bonchev–Trinajstić information content (AvgIpc) is 2.92. The number of piperazine rings is 1. The van der Waals surface area contributed by atoms with Crippen LogP contribution in [0.15, 0.2) is 0 Å². The van der Waals surface area contributed by atoms with E-state index in [2.05, 4.69) is 30.7 Å². The maximum absolute atomic E-state index is 12.8. The van der Waals surface area contributed by atoms with Gasteiger partial charge >= 0.3 is 0 Å². The highest BCUT2D eigenvalue weighted by Gasteiger charge is 2.50. The van der Waals surface area contributed by atoms with Crippen molar-refractivity contribution in [3.05, 3.63) is 0 Å². The second-order valence-electron chi connectivity index (χ2n) is 7.43. The van der Waals surface area contributed by atoms with Gasteiger partial charge in [-0.1, -0.05) is 0 Å². The highest BCUT2D eigenvalue weighted by atomic mass is 16.2. The van der Waals surface area contributed by atoms with Crippen molar-refractivity contribution in [3.63, 3.8) is 0 Å². The highest BCUT2D eigenvalue weighted by Crippen LogP contribution is 2.48. The number of carbonyl (C=O) groups excluding carboxylic acids is 1. The van der Waals surface area contributed by atoms with E-state index in [1.54, 1.807) is 0 Å². The maximum Gasteiger partial charge on any atom is 0.227 e. The lowest BCUT2D eigenvalue weighted by atomic mass is 9.83. The topological polar surface area (TPSA) is 49.6 Å². The summed E-state index contributed by atoms with van der Waals surface area (Å²) in [5.41, 5.74) is 6.39. The molecule has 2 saturated carbocycles. The van der Waals surface area contributed by atoms with Crippen LogP contribution in [0.3, 0.4) is 0 Å². The van der Waals surface area contributed by atoms with Crippen LogP contribution in [-0.2, 0) is 4.79 Å². The minimum Gasteiger partial charge on any atom is -0.339 e. The van der Waals surface area contributed by atoms with Gasteiger partial charge in [-0.3, -0.25) is 9.69 Å². The summed E-state index contributed by atoms with van der Waals surface area (Å²) in [4.78, 5) is 17.2. The average molecular weight is 265 g/mol. The fourth-order valence-corrected chi connectivity index (χ4v) is 4.34. The van der Waals surface area contributed by atoms with Crippen molar-refractivity contribution in [3.8, 4) is 0 Å². The largest absolute Gasteiger partial charge is 0.339 e. The van der Waals surface area contributed by atoms with E-state index < -0.39 is 0 Å². The van der Waals surface area contributed by atoms with Gasteiger partial charge in [-0.05, 0) is 52.0 Å². The molecule has 0 aromatic rings. The van der Waals surface area contributed by atoms with Crippen LogP contribution in [0.4, 0.5) is 0 Å². The zero-order valence-electron chi connectivity index (χ0n) is 12.4. The Bertz CT molecular complexity index is 380. The van der Waals surface area contributed by atoms with Gasteiger partial charge < -0.3 is 10.6 Å². The fraction of sp³-hybridized carbons (Fsp3) is 0.933. The van der Waals surface area contributed by atoms with Crippen molar-refractivity contribution >= 4 is 5.91 Å². The zero-order valence-corrected chi connectivity index (χ0v) is 12.4. The van der Waals surface area contributed by atoms with Crippen LogP contribution in [0, 0.1) is 17.8 Å². The molecule has 0 radical (unpaired) electrons. The molecular weight excluding hydrogens is 238 g/mol. The molecule has 3 aliphatic rings. The first-order valence-corrected chi connectivity index (χ1v) is 7.66. The molecule has 2 bridgehead atoms. The van der Waals surface area contributed by atoms with Gasteiger partial charge in [0.05, 0.1) is 5.92 Å². The van der Waals surface area contributed by atoms with E-state index in [0.29, 0.717) is 17.7 Å². The first kappa shape index (κ1) is 13.4. The summed E-state index contributed by atoms with van der Waals surface area (Å²) < 4.78 is 0. The Morgan fingerprint density at radius 2 is 1.89 bits per heavy atom. The number of rotatable bonds is 1. The normalized spacial score (nSPS) is 41.8. The van der Waals surface area contributed by atoms with Crippen molar-refractivity contribution in [2.75, 3.05) is 26.7 Å². The first-order valence-electron chi connectivity index (χ1n) is 7.66. The van der Waals surface area contributed by atoms with Crippen molar-refractivity contribution in [2.45, 2.75) is 44.7 Å². The molecule has 19 heavy (non-hydrogen) atoms. The number of nitrogens with two attached hydrogens (primary N) is 1. The second-order valence-corrected chi connectivity index (χ2v) is 7.43. The van der Waals surface area contributed by atoms with Crippen LogP contribution in [0.25, 0.3) is 0 Å². The Labute approximate surface area is 116 Å². The number of hydrogen-bond acceptors (Lipinski definition) is 3. The first-order chi connectivity index (χ1) is 8.90. The molecule has 4 unspecified atom stereocenters. The van der Waals surface area contributed by atoms with Gasteiger partial charge in [-0.25, -0.2) is 0 Å². The predicted molar refractivity (Wildman–Crippen MR) is 75.6 cm³/mol. The number of fused-ring (bicyclic) bond motifs is 2. The highest BCUT2D eigenvalue weighted by molar-refractivity contribution is 5.81. The third-order valence-corrected chi connectivity index (χ3v) is 5.89. The number of likely N-dealkylation sites (N-methyl/N-ethyl adjacent to an activating group) is 1. The van der Waals surface area contributed by atoms with Crippen LogP contribution >= 0.6 is 0 Å². The molecule has 0 spiro atoms. The van der Waals surface area contributed by atoms with Crippen molar-refractivity contribution < 1.29 is 4.79 Å². The summed E-state index contributed by atoms with van der Waals surface area (Å²) in [6.45, 7) is 7.09. The van der Waals surface area contributed by atoms with Gasteiger partial charge in [-0.2, -0.15) is 0 Å². The van der Waals surface area contributed by atoms with Gasteiger partial charge in [0.25, 0.3) is 0 Å². The summed E-state index contributed by atoms with van der Waals surface area (Å²) in [7, 11) is 2.14. The van der Waals surface area contributed by atoms with E-state index in [0.717, 1.165) is 19.6 Å². The maximum atomic E-state index is 12.8. The Kier molecular flexibility index (Phi) is 3.13. The van der Waals surface area contributed by atoms with Crippen LogP contribution in [-0.4, -0.2) is 54.0 Å². The second kappa shape index (κ2) is 4.45. The standard InChI is InChI=1S/C15H27N3O/c1-15(2)9-18(7-6-17(15)3)14(19)12-10-4-5-11(8-10)13(12)16/h10-13H,4-9,16H2,1-3H3. The molecule has 2 aliphatic carbocycles. The molecule has 3 rings (SSSR count). The fourth-order valence-electron chi connectivity index (χ4n) is 4.34. The summed E-state index contributed by atoms with van der Waals surface area (Å²) in [6.07, 6.45) is 3.64. The van der Waals surface area contributed by atoms with Gasteiger partial charge in [-0.15, -0.1) is 0 Å². The minimum atomic E-state index is 0.0790. The predicted octanol–water partition coefficient (Wildman–Crippen LogP) is 0.912. The van der Waals surface area contributed by atoms with Crippen LogP contribution in [0.5, 0.6) is 0 Å². The Hall–Kier alpha value is -0.610. The molecule has 0 aromatic carbocycles. The Balaban J connectivity index is 1.71.